The molecular formula is C73H90O26. The zero-order valence-corrected chi connectivity index (χ0v) is 59.1. The Bertz CT molecular complexity index is 3910. The van der Waals surface area contributed by atoms with Crippen molar-refractivity contribution in [1.29, 1.82) is 0 Å². The predicted octanol–water partition coefficient (Wildman–Crippen LogP) is 8.49. The summed E-state index contributed by atoms with van der Waals surface area (Å²) in [6.07, 6.45) is 0.473. The van der Waals surface area contributed by atoms with Crippen LogP contribution in [0.4, 0.5) is 0 Å². The summed E-state index contributed by atoms with van der Waals surface area (Å²) in [5.41, 5.74) is -19.8. The average Bonchev–Trinajstić information content (AvgIpc) is 1.43. The fraction of sp³-hybridized carbons (Fsp3) is 0.753. The highest BCUT2D eigenvalue weighted by Gasteiger charge is 3.08. The number of fused-ring (bicyclic) bond motifs is 6. The number of carbonyl (C=O) groups excluding carboxylic acids is 9. The molecule has 6 aliphatic heterocycles. The van der Waals surface area contributed by atoms with E-state index in [1.54, 1.807) is 88.3 Å². The standard InChI is InChI=1S/C37H46O13.C36H44O13/c1-18(2)26(41)46-28-31(6)17-35-32(7,21(31)14-23(38)43-9)34-12-11-30(5,25(40)20-10-13-44-16-20)22-15-24(39)45-29(37(28,35)47-27(42)19(3)4)36(22,34)50-33(8,48-34)49-35;1-17(2)25(41)45-27-30(6)16-34-31(7,20(30)13-22(37)38)33-11-10-29(5,24(40)19-9-12-43-15-19)21-14-23(39)44-28(36(27,34)46-26(42)18(3)4)35(21,33)49-32(8,47-33)48-34/h10,13,16,18-19,21-22,28-29H,11-12,14-15,17H2,1-9H3;9,12,15,17-18,20-21,27-28H,10-11,13-14,16H2,1-8H3,(H,37,38). The first-order chi connectivity index (χ1) is 46.0. The van der Waals surface area contributed by atoms with E-state index in [4.69, 9.17) is 70.4 Å². The highest BCUT2D eigenvalue weighted by molar-refractivity contribution is 6.02. The Labute approximate surface area is 572 Å². The van der Waals surface area contributed by atoms with Crippen LogP contribution in [0, 0.1) is 79.8 Å². The molecule has 16 rings (SSSR count). The molecule has 6 spiro atoms. The summed E-state index contributed by atoms with van der Waals surface area (Å²) in [6, 6.07) is 3.16. The average molecular weight is 1380 g/mol. The Kier molecular flexibility index (Phi) is 13.9. The molecule has 0 aromatic carbocycles. The number of esters is 7. The number of carboxylic acid groups (broad SMARTS) is 1. The molecule has 24 atom stereocenters. The molecule has 8 bridgehead atoms. The van der Waals surface area contributed by atoms with Crippen LogP contribution < -0.4 is 0 Å². The lowest BCUT2D eigenvalue weighted by Crippen LogP contribution is -2.94. The molecule has 24 unspecified atom stereocenters. The van der Waals surface area contributed by atoms with Crippen molar-refractivity contribution in [3.8, 4) is 0 Å². The molecule has 8 saturated carbocycles. The number of Topliss-reactive ketones (excluding diaryl/α,β-unsaturated/α-hetero) is 2. The van der Waals surface area contributed by atoms with E-state index >= 15 is 0 Å². The Hall–Kier alpha value is -6.58. The molecule has 14 aliphatic rings. The van der Waals surface area contributed by atoms with Crippen LogP contribution in [0.3, 0.4) is 0 Å². The van der Waals surface area contributed by atoms with Gasteiger partial charge in [-0.15, -0.1) is 0 Å². The molecule has 2 aromatic rings. The number of carboxylic acids is 1. The van der Waals surface area contributed by atoms with E-state index in [0.29, 0.717) is 17.5 Å². The van der Waals surface area contributed by atoms with Gasteiger partial charge < -0.3 is 75.5 Å². The van der Waals surface area contributed by atoms with Crippen LogP contribution in [0.2, 0.25) is 0 Å². The largest absolute Gasteiger partial charge is 0.481 e. The maximum Gasteiger partial charge on any atom is 0.309 e. The van der Waals surface area contributed by atoms with E-state index in [1.807, 2.05) is 34.6 Å². The number of ketones is 2. The second-order valence-electron chi connectivity index (χ2n) is 33.9. The van der Waals surface area contributed by atoms with Crippen LogP contribution in [0.5, 0.6) is 0 Å². The zero-order valence-electron chi connectivity index (χ0n) is 59.1. The predicted molar refractivity (Wildman–Crippen MR) is 331 cm³/mol. The molecule has 1 N–H and O–H groups in total. The van der Waals surface area contributed by atoms with Gasteiger partial charge in [0.05, 0.1) is 67.3 Å². The first-order valence-electron chi connectivity index (χ1n) is 34.9. The number of carbonyl (C=O) groups is 10. The molecule has 26 nitrogen and oxygen atoms in total. The van der Waals surface area contributed by atoms with Crippen molar-refractivity contribution in [2.24, 2.45) is 79.8 Å². The molecule has 2 aromatic heterocycles. The third-order valence-electron chi connectivity index (χ3n) is 28.1. The Morgan fingerprint density at radius 1 is 0.505 bits per heavy atom. The van der Waals surface area contributed by atoms with Crippen molar-refractivity contribution in [2.45, 2.75) is 256 Å². The minimum atomic E-state index is -2.01. The fourth-order valence-electron chi connectivity index (χ4n) is 24.7. The second-order valence-corrected chi connectivity index (χ2v) is 33.9. The Morgan fingerprint density at radius 3 is 1.20 bits per heavy atom. The van der Waals surface area contributed by atoms with E-state index in [-0.39, 0.29) is 69.4 Å². The highest BCUT2D eigenvalue weighted by atomic mass is 16.9. The van der Waals surface area contributed by atoms with Gasteiger partial charge in [0.2, 0.25) is 11.2 Å². The minimum Gasteiger partial charge on any atom is -0.481 e. The van der Waals surface area contributed by atoms with Gasteiger partial charge in [0.1, 0.15) is 46.1 Å². The van der Waals surface area contributed by atoms with Crippen LogP contribution in [-0.2, 0) is 99.9 Å². The number of aliphatic carboxylic acids is 1. The maximum atomic E-state index is 14.6. The van der Waals surface area contributed by atoms with Gasteiger partial charge in [0, 0.05) is 71.0 Å². The van der Waals surface area contributed by atoms with E-state index in [2.05, 4.69) is 0 Å². The number of ether oxygens (including phenoxy) is 13. The fourth-order valence-corrected chi connectivity index (χ4v) is 24.7. The normalized spacial score (nSPS) is 49.1. The topological polar surface area (TPSA) is 337 Å². The summed E-state index contributed by atoms with van der Waals surface area (Å²) >= 11 is 0. The van der Waals surface area contributed by atoms with Crippen molar-refractivity contribution >= 4 is 59.3 Å². The van der Waals surface area contributed by atoms with E-state index in [9.17, 15) is 53.1 Å². The number of hydrogen-bond acceptors (Lipinski definition) is 25. The third-order valence-corrected chi connectivity index (χ3v) is 28.1. The van der Waals surface area contributed by atoms with Crippen molar-refractivity contribution in [1.82, 2.24) is 0 Å². The van der Waals surface area contributed by atoms with Gasteiger partial charge in [0.25, 0.3) is 11.9 Å². The van der Waals surface area contributed by atoms with Gasteiger partial charge in [0.15, 0.2) is 36.0 Å². The van der Waals surface area contributed by atoms with Crippen molar-refractivity contribution in [3.63, 3.8) is 0 Å². The molecule has 99 heavy (non-hydrogen) atoms. The molecule has 14 fully saturated rings. The SMILES string of the molecule is CC(C)C(=O)OC1C2(C)CC34OC5(C)OC67C(CC(=O)OC6C13OC(=O)C(C)C)C(C)(C(=O)c1ccoc1)CCC7(O5)C4(C)C2CC(=O)O.COC(=O)CC1C2(C)CC34OC5(C)OC67C(CC(=O)OC6C3(OC(=O)C(C)C)C2OC(=O)C(C)C)C(C)(C(=O)c2ccoc2)CCC7(O5)C14C. The van der Waals surface area contributed by atoms with Crippen LogP contribution in [0.15, 0.2) is 46.0 Å². The molecule has 0 radical (unpaired) electrons. The van der Waals surface area contributed by atoms with Gasteiger partial charge in [-0.25, -0.2) is 0 Å². The first-order valence-corrected chi connectivity index (χ1v) is 34.9. The number of methoxy groups -OCH3 is 1. The van der Waals surface area contributed by atoms with Gasteiger partial charge in [-0.05, 0) is 62.5 Å². The lowest BCUT2D eigenvalue weighted by Gasteiger charge is -2.77. The Morgan fingerprint density at radius 2 is 0.869 bits per heavy atom. The molecule has 538 valence electrons. The summed E-state index contributed by atoms with van der Waals surface area (Å²) in [6.45, 7) is 27.9. The summed E-state index contributed by atoms with van der Waals surface area (Å²) in [4.78, 5) is 139. The molecule has 8 aliphatic carbocycles. The van der Waals surface area contributed by atoms with Crippen molar-refractivity contribution < 1.29 is 123 Å². The smallest absolute Gasteiger partial charge is 0.309 e. The maximum absolute atomic E-state index is 14.6. The van der Waals surface area contributed by atoms with Crippen LogP contribution in [0.1, 0.15) is 196 Å². The highest BCUT2D eigenvalue weighted by Crippen LogP contribution is 2.93. The van der Waals surface area contributed by atoms with Gasteiger partial charge in [-0.2, -0.15) is 0 Å². The molecular weight excluding hydrogens is 1290 g/mol. The first kappa shape index (κ1) is 68.2. The van der Waals surface area contributed by atoms with E-state index < -0.39 is 209 Å². The molecule has 26 heteroatoms. The molecule has 8 heterocycles. The summed E-state index contributed by atoms with van der Waals surface area (Å²) in [5.74, 6) is -15.0. The summed E-state index contributed by atoms with van der Waals surface area (Å²) in [5, 5.41) is 10.5. The minimum absolute atomic E-state index is 0.0972. The third kappa shape index (κ3) is 7.26. The lowest BCUT2D eigenvalue weighted by atomic mass is 9.33. The van der Waals surface area contributed by atoms with Crippen LogP contribution in [0.25, 0.3) is 0 Å². The van der Waals surface area contributed by atoms with Crippen molar-refractivity contribution in [2.75, 3.05) is 7.11 Å². The molecule has 0 amide bonds. The second kappa shape index (κ2) is 20.2. The summed E-state index contributed by atoms with van der Waals surface area (Å²) in [7, 11) is 1.32. The van der Waals surface area contributed by atoms with Gasteiger partial charge in [-0.1, -0.05) is 96.9 Å². The Balaban J connectivity index is 0.000000161. The zero-order chi connectivity index (χ0) is 71.8. The number of furan rings is 2. The number of rotatable bonds is 16. The van der Waals surface area contributed by atoms with E-state index in [0.717, 1.165) is 0 Å². The molecule has 6 saturated heterocycles. The van der Waals surface area contributed by atoms with Gasteiger partial charge >= 0.3 is 47.8 Å². The monoisotopic (exact) mass is 1380 g/mol. The van der Waals surface area contributed by atoms with Gasteiger partial charge in [-0.3, -0.25) is 47.9 Å². The van der Waals surface area contributed by atoms with Crippen LogP contribution in [-0.4, -0.2) is 153 Å². The van der Waals surface area contributed by atoms with E-state index in [1.165, 1.54) is 32.2 Å². The lowest BCUT2D eigenvalue weighted by molar-refractivity contribution is -0.478. The van der Waals surface area contributed by atoms with Crippen LogP contribution >= 0.6 is 0 Å². The van der Waals surface area contributed by atoms with Crippen molar-refractivity contribution in [3.05, 3.63) is 48.3 Å². The number of hydrogen-bond donors (Lipinski definition) is 1. The summed E-state index contributed by atoms with van der Waals surface area (Å²) < 4.78 is 97.8. The quantitative estimate of drug-likeness (QED) is 0.0934.